The smallest absolute Gasteiger partial charge is 0.323 e. The standard InChI is InChI=1S/C11H19N3O4/c1-13(2)11(18)12-8-5-3-4-6-14(10(8)17)7-9(15)16/h8H,3-7H2,1-2H3,(H,12,18)(H,15,16)/t8-/m0/s1. The van der Waals surface area contributed by atoms with E-state index in [1.54, 1.807) is 14.1 Å². The molecule has 0 bridgehead atoms. The van der Waals surface area contributed by atoms with Gasteiger partial charge in [-0.25, -0.2) is 4.79 Å². The van der Waals surface area contributed by atoms with Crippen LogP contribution < -0.4 is 5.32 Å². The molecule has 0 aromatic rings. The number of nitrogens with zero attached hydrogens (tertiary/aromatic N) is 2. The Morgan fingerprint density at radius 2 is 2.11 bits per heavy atom. The minimum absolute atomic E-state index is 0.312. The molecule has 1 aliphatic heterocycles. The summed E-state index contributed by atoms with van der Waals surface area (Å²) in [4.78, 5) is 36.9. The molecule has 18 heavy (non-hydrogen) atoms. The monoisotopic (exact) mass is 257 g/mol. The summed E-state index contributed by atoms with van der Waals surface area (Å²) < 4.78 is 0. The summed E-state index contributed by atoms with van der Waals surface area (Å²) in [6, 6.07) is -0.965. The van der Waals surface area contributed by atoms with Gasteiger partial charge in [0.2, 0.25) is 5.91 Å². The number of aliphatic carboxylic acids is 1. The number of hydrogen-bond acceptors (Lipinski definition) is 3. The van der Waals surface area contributed by atoms with E-state index in [-0.39, 0.29) is 18.5 Å². The van der Waals surface area contributed by atoms with Crippen LogP contribution in [0.25, 0.3) is 0 Å². The highest BCUT2D eigenvalue weighted by atomic mass is 16.4. The Bertz CT molecular complexity index is 343. The Balaban J connectivity index is 2.68. The fraction of sp³-hybridized carbons (Fsp3) is 0.727. The normalized spacial score (nSPS) is 20.2. The second-order valence-electron chi connectivity index (χ2n) is 4.55. The maximum Gasteiger partial charge on any atom is 0.323 e. The number of hydrogen-bond donors (Lipinski definition) is 2. The van der Waals surface area contributed by atoms with Crippen LogP contribution in [-0.2, 0) is 9.59 Å². The van der Waals surface area contributed by atoms with Crippen molar-refractivity contribution in [3.8, 4) is 0 Å². The minimum Gasteiger partial charge on any atom is -0.480 e. The topological polar surface area (TPSA) is 90.0 Å². The Labute approximate surface area is 106 Å². The van der Waals surface area contributed by atoms with Gasteiger partial charge < -0.3 is 20.2 Å². The van der Waals surface area contributed by atoms with Gasteiger partial charge in [0.05, 0.1) is 0 Å². The molecule has 1 aliphatic rings. The number of rotatable bonds is 3. The third-order valence-corrected chi connectivity index (χ3v) is 2.81. The lowest BCUT2D eigenvalue weighted by molar-refractivity contribution is -0.144. The molecule has 1 saturated heterocycles. The second kappa shape index (κ2) is 6.23. The van der Waals surface area contributed by atoms with Crippen LogP contribution in [0.4, 0.5) is 4.79 Å². The molecule has 7 nitrogen and oxygen atoms in total. The van der Waals surface area contributed by atoms with Crippen molar-refractivity contribution in [2.45, 2.75) is 25.3 Å². The summed E-state index contributed by atoms with van der Waals surface area (Å²) >= 11 is 0. The molecule has 0 aliphatic carbocycles. The van der Waals surface area contributed by atoms with Crippen LogP contribution in [0.5, 0.6) is 0 Å². The van der Waals surface area contributed by atoms with E-state index in [0.29, 0.717) is 13.0 Å². The van der Waals surface area contributed by atoms with Crippen molar-refractivity contribution in [2.75, 3.05) is 27.2 Å². The van der Waals surface area contributed by atoms with Crippen LogP contribution in [-0.4, -0.2) is 66.0 Å². The molecule has 7 heteroatoms. The molecular formula is C11H19N3O4. The van der Waals surface area contributed by atoms with Crippen molar-refractivity contribution in [1.82, 2.24) is 15.1 Å². The van der Waals surface area contributed by atoms with Crippen molar-refractivity contribution in [3.63, 3.8) is 0 Å². The molecule has 102 valence electrons. The van der Waals surface area contributed by atoms with Crippen LogP contribution in [0.2, 0.25) is 0 Å². The van der Waals surface area contributed by atoms with Gasteiger partial charge in [0.15, 0.2) is 0 Å². The summed E-state index contributed by atoms with van der Waals surface area (Å²) in [7, 11) is 3.18. The number of carboxylic acid groups (broad SMARTS) is 1. The Morgan fingerprint density at radius 3 is 2.67 bits per heavy atom. The molecule has 0 unspecified atom stereocenters. The lowest BCUT2D eigenvalue weighted by atomic mass is 10.1. The van der Waals surface area contributed by atoms with E-state index in [4.69, 9.17) is 5.11 Å². The number of amides is 3. The van der Waals surface area contributed by atoms with E-state index in [1.807, 2.05) is 0 Å². The van der Waals surface area contributed by atoms with Crippen molar-refractivity contribution < 1.29 is 19.5 Å². The predicted molar refractivity (Wildman–Crippen MR) is 64.1 cm³/mol. The highest BCUT2D eigenvalue weighted by molar-refractivity contribution is 5.89. The molecule has 0 aromatic carbocycles. The van der Waals surface area contributed by atoms with E-state index in [9.17, 15) is 14.4 Å². The van der Waals surface area contributed by atoms with Gasteiger partial charge in [-0.15, -0.1) is 0 Å². The first kappa shape index (κ1) is 14.3. The van der Waals surface area contributed by atoms with Gasteiger partial charge >= 0.3 is 12.0 Å². The predicted octanol–water partition coefficient (Wildman–Crippen LogP) is -0.277. The summed E-state index contributed by atoms with van der Waals surface area (Å²) in [6.07, 6.45) is 2.10. The zero-order chi connectivity index (χ0) is 13.7. The van der Waals surface area contributed by atoms with Gasteiger partial charge in [0.1, 0.15) is 12.6 Å². The van der Waals surface area contributed by atoms with E-state index in [0.717, 1.165) is 12.8 Å². The molecule has 1 fully saturated rings. The van der Waals surface area contributed by atoms with Crippen LogP contribution >= 0.6 is 0 Å². The lowest BCUT2D eigenvalue weighted by Gasteiger charge is -2.24. The van der Waals surface area contributed by atoms with Crippen LogP contribution in [0.3, 0.4) is 0 Å². The molecule has 2 N–H and O–H groups in total. The van der Waals surface area contributed by atoms with E-state index in [1.165, 1.54) is 9.80 Å². The molecule has 0 aromatic heterocycles. The van der Waals surface area contributed by atoms with Gasteiger partial charge in [0.25, 0.3) is 0 Å². The SMILES string of the molecule is CN(C)C(=O)N[C@H]1CCCCN(CC(=O)O)C1=O. The first-order valence-corrected chi connectivity index (χ1v) is 5.90. The average molecular weight is 257 g/mol. The van der Waals surface area contributed by atoms with Crippen molar-refractivity contribution >= 4 is 17.9 Å². The van der Waals surface area contributed by atoms with E-state index >= 15 is 0 Å². The molecule has 0 saturated carbocycles. The van der Waals surface area contributed by atoms with Crippen LogP contribution in [0.1, 0.15) is 19.3 Å². The molecule has 1 rings (SSSR count). The van der Waals surface area contributed by atoms with Gasteiger partial charge in [-0.3, -0.25) is 9.59 Å². The fourth-order valence-corrected chi connectivity index (χ4v) is 1.84. The molecule has 0 spiro atoms. The van der Waals surface area contributed by atoms with Gasteiger partial charge in [-0.2, -0.15) is 0 Å². The maximum absolute atomic E-state index is 12.1. The zero-order valence-electron chi connectivity index (χ0n) is 10.7. The number of nitrogens with one attached hydrogen (secondary N) is 1. The largest absolute Gasteiger partial charge is 0.480 e. The number of urea groups is 1. The molecule has 0 radical (unpaired) electrons. The second-order valence-corrected chi connectivity index (χ2v) is 4.55. The van der Waals surface area contributed by atoms with Crippen molar-refractivity contribution in [1.29, 1.82) is 0 Å². The molecule has 1 atom stereocenters. The highest BCUT2D eigenvalue weighted by Gasteiger charge is 2.29. The van der Waals surface area contributed by atoms with Crippen molar-refractivity contribution in [2.24, 2.45) is 0 Å². The Kier molecular flexibility index (Phi) is 4.94. The first-order valence-electron chi connectivity index (χ1n) is 5.90. The summed E-state index contributed by atoms with van der Waals surface area (Å²) in [5, 5.41) is 11.4. The first-order chi connectivity index (χ1) is 8.41. The molecule has 3 amide bonds. The van der Waals surface area contributed by atoms with Gasteiger partial charge in [0, 0.05) is 20.6 Å². The Hall–Kier alpha value is -1.79. The third-order valence-electron chi connectivity index (χ3n) is 2.81. The van der Waals surface area contributed by atoms with Crippen LogP contribution in [0, 0.1) is 0 Å². The third kappa shape index (κ3) is 3.90. The van der Waals surface area contributed by atoms with E-state index < -0.39 is 12.0 Å². The quantitative estimate of drug-likeness (QED) is 0.728. The van der Waals surface area contributed by atoms with Crippen LogP contribution in [0.15, 0.2) is 0 Å². The van der Waals surface area contributed by atoms with Gasteiger partial charge in [-0.05, 0) is 19.3 Å². The van der Waals surface area contributed by atoms with E-state index in [2.05, 4.69) is 5.32 Å². The number of likely N-dealkylation sites (tertiary alicyclic amines) is 1. The Morgan fingerprint density at radius 1 is 1.44 bits per heavy atom. The fourth-order valence-electron chi connectivity index (χ4n) is 1.84. The van der Waals surface area contributed by atoms with Crippen molar-refractivity contribution in [3.05, 3.63) is 0 Å². The molecular weight excluding hydrogens is 238 g/mol. The highest BCUT2D eigenvalue weighted by Crippen LogP contribution is 2.12. The average Bonchev–Trinajstić information content (AvgIpc) is 2.43. The van der Waals surface area contributed by atoms with Gasteiger partial charge in [-0.1, -0.05) is 0 Å². The zero-order valence-corrected chi connectivity index (χ0v) is 10.7. The number of carbonyl (C=O) groups is 3. The lowest BCUT2D eigenvalue weighted by Crippen LogP contribution is -2.50. The minimum atomic E-state index is -1.04. The summed E-state index contributed by atoms with van der Waals surface area (Å²) in [6.45, 7) is 0.118. The maximum atomic E-state index is 12.1. The summed E-state index contributed by atoms with van der Waals surface area (Å²) in [5.74, 6) is -1.35. The molecule has 1 heterocycles. The summed E-state index contributed by atoms with van der Waals surface area (Å²) in [5.41, 5.74) is 0. The number of carbonyl (C=O) groups excluding carboxylic acids is 2. The number of carboxylic acids is 1.